The largest absolute Gasteiger partial charge is 0.479 e. The molecule has 3 aromatic rings. The first-order chi connectivity index (χ1) is 16.5. The number of amides is 2. The molecule has 1 aliphatic rings. The number of hydrogen-bond donors (Lipinski definition) is 3. The molecule has 0 saturated carbocycles. The molecule has 0 saturated heterocycles. The van der Waals surface area contributed by atoms with Gasteiger partial charge in [0.25, 0.3) is 0 Å². The number of nitrogens with one attached hydrogen (secondary N) is 2. The quantitative estimate of drug-likeness (QED) is 0.422. The molecule has 174 valence electrons. The molecule has 0 aliphatic heterocycles. The van der Waals surface area contributed by atoms with Gasteiger partial charge in [-0.3, -0.25) is 9.63 Å². The molecule has 3 N–H and O–H groups in total. The maximum Gasteiger partial charge on any atom is 0.407 e. The molecule has 0 heterocycles. The molecule has 0 atom stereocenters. The van der Waals surface area contributed by atoms with Crippen LogP contribution in [0.1, 0.15) is 28.2 Å². The van der Waals surface area contributed by atoms with E-state index in [1.807, 2.05) is 24.3 Å². The number of carbonyl (C=O) groups is 3. The molecule has 0 fully saturated rings. The van der Waals surface area contributed by atoms with Crippen molar-refractivity contribution in [1.29, 1.82) is 0 Å². The van der Waals surface area contributed by atoms with Gasteiger partial charge in [0, 0.05) is 12.5 Å². The van der Waals surface area contributed by atoms with Crippen LogP contribution in [0, 0.1) is 0 Å². The molecule has 0 bridgehead atoms. The lowest BCUT2D eigenvalue weighted by atomic mass is 9.98. The van der Waals surface area contributed by atoms with E-state index >= 15 is 0 Å². The van der Waals surface area contributed by atoms with Crippen LogP contribution in [-0.4, -0.2) is 36.3 Å². The smallest absolute Gasteiger partial charge is 0.407 e. The van der Waals surface area contributed by atoms with Gasteiger partial charge in [-0.15, -0.1) is 0 Å². The summed E-state index contributed by atoms with van der Waals surface area (Å²) >= 11 is 0. The Bertz CT molecular complexity index is 1160. The lowest BCUT2D eigenvalue weighted by Gasteiger charge is -2.15. The first-order valence-electron chi connectivity index (χ1n) is 10.8. The van der Waals surface area contributed by atoms with Crippen molar-refractivity contribution >= 4 is 18.0 Å². The fourth-order valence-corrected chi connectivity index (χ4v) is 4.11. The normalized spacial score (nSPS) is 11.9. The molecule has 8 nitrogen and oxygen atoms in total. The zero-order chi connectivity index (χ0) is 23.9. The van der Waals surface area contributed by atoms with Crippen LogP contribution >= 0.6 is 0 Å². The lowest BCUT2D eigenvalue weighted by molar-refractivity contribution is -0.149. The number of aliphatic carboxylic acids is 1. The standard InChI is InChI=1S/C26H24N2O6/c29-24(28-34-16-25(30)31)13-17-7-1-2-8-18(17)14-27-26(32)33-15-23-21-11-5-3-9-19(21)20-10-4-6-12-22(20)23/h1-12,23H,13-16H2,(H,27,32)(H,28,29)(H,30,31). The van der Waals surface area contributed by atoms with Crippen molar-refractivity contribution in [1.82, 2.24) is 10.8 Å². The van der Waals surface area contributed by atoms with Crippen molar-refractivity contribution < 1.29 is 29.1 Å². The van der Waals surface area contributed by atoms with Crippen LogP contribution in [0.4, 0.5) is 4.79 Å². The Morgan fingerprint density at radius 1 is 0.824 bits per heavy atom. The minimum atomic E-state index is -1.19. The van der Waals surface area contributed by atoms with Gasteiger partial charge in [-0.1, -0.05) is 72.8 Å². The van der Waals surface area contributed by atoms with Crippen LogP contribution in [-0.2, 0) is 32.1 Å². The summed E-state index contributed by atoms with van der Waals surface area (Å²) in [6, 6.07) is 23.4. The van der Waals surface area contributed by atoms with Crippen LogP contribution in [0.5, 0.6) is 0 Å². The predicted molar refractivity (Wildman–Crippen MR) is 124 cm³/mol. The van der Waals surface area contributed by atoms with Gasteiger partial charge in [-0.25, -0.2) is 15.1 Å². The highest BCUT2D eigenvalue weighted by molar-refractivity contribution is 5.79. The van der Waals surface area contributed by atoms with E-state index in [1.54, 1.807) is 24.3 Å². The van der Waals surface area contributed by atoms with Crippen molar-refractivity contribution in [2.24, 2.45) is 0 Å². The van der Waals surface area contributed by atoms with E-state index in [0.717, 1.165) is 27.8 Å². The van der Waals surface area contributed by atoms with Gasteiger partial charge in [0.05, 0.1) is 6.42 Å². The second-order valence-electron chi connectivity index (χ2n) is 7.83. The second-order valence-corrected chi connectivity index (χ2v) is 7.83. The molecule has 0 unspecified atom stereocenters. The number of benzene rings is 3. The number of fused-ring (bicyclic) bond motifs is 3. The average Bonchev–Trinajstić information content (AvgIpc) is 3.15. The summed E-state index contributed by atoms with van der Waals surface area (Å²) < 4.78 is 5.55. The molecule has 0 spiro atoms. The Morgan fingerprint density at radius 3 is 2.06 bits per heavy atom. The highest BCUT2D eigenvalue weighted by Gasteiger charge is 2.29. The summed E-state index contributed by atoms with van der Waals surface area (Å²) in [5.74, 6) is -1.71. The highest BCUT2D eigenvalue weighted by atomic mass is 16.7. The van der Waals surface area contributed by atoms with E-state index in [9.17, 15) is 14.4 Å². The van der Waals surface area contributed by atoms with Gasteiger partial charge in [0.1, 0.15) is 6.61 Å². The van der Waals surface area contributed by atoms with Gasteiger partial charge >= 0.3 is 12.1 Å². The van der Waals surface area contributed by atoms with Crippen LogP contribution in [0.15, 0.2) is 72.8 Å². The number of carbonyl (C=O) groups excluding carboxylic acids is 2. The maximum atomic E-state index is 12.4. The third-order valence-electron chi connectivity index (χ3n) is 5.62. The Labute approximate surface area is 196 Å². The van der Waals surface area contributed by atoms with E-state index in [-0.39, 0.29) is 25.5 Å². The first-order valence-corrected chi connectivity index (χ1v) is 10.8. The third-order valence-corrected chi connectivity index (χ3v) is 5.62. The van der Waals surface area contributed by atoms with Gasteiger partial charge in [-0.05, 0) is 33.4 Å². The highest BCUT2D eigenvalue weighted by Crippen LogP contribution is 2.44. The van der Waals surface area contributed by atoms with Crippen molar-refractivity contribution in [2.45, 2.75) is 18.9 Å². The van der Waals surface area contributed by atoms with E-state index in [2.05, 4.69) is 39.9 Å². The van der Waals surface area contributed by atoms with Crippen LogP contribution < -0.4 is 10.8 Å². The first kappa shape index (κ1) is 23.0. The monoisotopic (exact) mass is 460 g/mol. The summed E-state index contributed by atoms with van der Waals surface area (Å²) in [7, 11) is 0. The van der Waals surface area contributed by atoms with Gasteiger partial charge in [-0.2, -0.15) is 0 Å². The number of hydrogen-bond acceptors (Lipinski definition) is 5. The number of hydroxylamine groups is 1. The van der Waals surface area contributed by atoms with Crippen molar-refractivity contribution in [3.63, 3.8) is 0 Å². The summed E-state index contributed by atoms with van der Waals surface area (Å²) in [6.07, 6.45) is -0.576. The van der Waals surface area contributed by atoms with Gasteiger partial charge in [0.15, 0.2) is 6.61 Å². The van der Waals surface area contributed by atoms with E-state index in [0.29, 0.717) is 5.56 Å². The SMILES string of the molecule is O=C(O)CONC(=O)Cc1ccccc1CNC(=O)OCC1c2ccccc2-c2ccccc21. The molecule has 3 aromatic carbocycles. The second kappa shape index (κ2) is 10.6. The number of carboxylic acids is 1. The Hall–Kier alpha value is -4.17. The summed E-state index contributed by atoms with van der Waals surface area (Å²) in [4.78, 5) is 39.5. The molecule has 0 radical (unpaired) electrons. The molecule has 1 aliphatic carbocycles. The Kier molecular flexibility index (Phi) is 7.19. The summed E-state index contributed by atoms with van der Waals surface area (Å²) in [5, 5.41) is 11.3. The molecule has 4 rings (SSSR count). The molecule has 34 heavy (non-hydrogen) atoms. The van der Waals surface area contributed by atoms with E-state index in [4.69, 9.17) is 9.84 Å². The van der Waals surface area contributed by atoms with E-state index < -0.39 is 24.6 Å². The third kappa shape index (κ3) is 5.41. The van der Waals surface area contributed by atoms with Crippen LogP contribution in [0.2, 0.25) is 0 Å². The molecule has 8 heteroatoms. The maximum absolute atomic E-state index is 12.4. The lowest BCUT2D eigenvalue weighted by Crippen LogP contribution is -2.29. The number of alkyl carbamates (subject to hydrolysis) is 1. The number of rotatable bonds is 9. The molecular weight excluding hydrogens is 436 g/mol. The number of ether oxygens (including phenoxy) is 1. The minimum absolute atomic E-state index is 0.0256. The zero-order valence-corrected chi connectivity index (χ0v) is 18.3. The molecular formula is C26H24N2O6. The summed E-state index contributed by atoms with van der Waals surface area (Å²) in [6.45, 7) is -0.238. The van der Waals surface area contributed by atoms with Crippen LogP contribution in [0.3, 0.4) is 0 Å². The fourth-order valence-electron chi connectivity index (χ4n) is 4.11. The Morgan fingerprint density at radius 2 is 1.41 bits per heavy atom. The van der Waals surface area contributed by atoms with Gasteiger partial charge < -0.3 is 15.2 Å². The topological polar surface area (TPSA) is 114 Å². The van der Waals surface area contributed by atoms with Crippen molar-refractivity contribution in [3.8, 4) is 11.1 Å². The number of carboxylic acid groups (broad SMARTS) is 1. The van der Waals surface area contributed by atoms with Gasteiger partial charge in [0.2, 0.25) is 5.91 Å². The molecule has 0 aromatic heterocycles. The molecule has 2 amide bonds. The average molecular weight is 460 g/mol. The minimum Gasteiger partial charge on any atom is -0.479 e. The van der Waals surface area contributed by atoms with Crippen molar-refractivity contribution in [3.05, 3.63) is 95.1 Å². The van der Waals surface area contributed by atoms with Crippen LogP contribution in [0.25, 0.3) is 11.1 Å². The Balaban J connectivity index is 1.32. The zero-order valence-electron chi connectivity index (χ0n) is 18.3. The predicted octanol–water partition coefficient (Wildman–Crippen LogP) is 3.40. The van der Waals surface area contributed by atoms with E-state index in [1.165, 1.54) is 0 Å². The van der Waals surface area contributed by atoms with Crippen molar-refractivity contribution in [2.75, 3.05) is 13.2 Å². The summed E-state index contributed by atoms with van der Waals surface area (Å²) in [5.41, 5.74) is 8.10. The fraction of sp³-hybridized carbons (Fsp3) is 0.192.